The molecule has 3 aromatic rings. The van der Waals surface area contributed by atoms with Crippen molar-refractivity contribution in [3.8, 4) is 17.3 Å². The summed E-state index contributed by atoms with van der Waals surface area (Å²) in [4.78, 5) is 12.6. The van der Waals surface area contributed by atoms with Crippen LogP contribution >= 0.6 is 0 Å². The van der Waals surface area contributed by atoms with E-state index >= 15 is 0 Å². The molecule has 0 fully saturated rings. The highest BCUT2D eigenvalue weighted by Crippen LogP contribution is 2.36. The monoisotopic (exact) mass is 501 g/mol. The Morgan fingerprint density at radius 3 is 2.41 bits per heavy atom. The number of hydrogen-bond acceptors (Lipinski definition) is 5. The topological polar surface area (TPSA) is 47.5 Å². The van der Waals surface area contributed by atoms with Gasteiger partial charge in [-0.25, -0.2) is 4.98 Å². The van der Waals surface area contributed by atoms with Gasteiger partial charge in [0, 0.05) is 29.4 Å². The van der Waals surface area contributed by atoms with Crippen LogP contribution in [0.1, 0.15) is 80.1 Å². The Kier molecular flexibility index (Phi) is 9.33. The fourth-order valence-electron chi connectivity index (χ4n) is 5.48. The van der Waals surface area contributed by atoms with Gasteiger partial charge < -0.3 is 9.47 Å². The van der Waals surface area contributed by atoms with Gasteiger partial charge in [0.05, 0.1) is 12.7 Å². The van der Waals surface area contributed by atoms with Gasteiger partial charge in [-0.1, -0.05) is 56.3 Å². The molecule has 0 saturated carbocycles. The Labute approximate surface area is 223 Å². The van der Waals surface area contributed by atoms with Crippen molar-refractivity contribution in [2.75, 3.05) is 20.3 Å². The smallest absolute Gasteiger partial charge is 0.221 e. The lowest BCUT2D eigenvalue weighted by Crippen LogP contribution is -2.28. The number of fused-ring (bicyclic) bond motifs is 1. The van der Waals surface area contributed by atoms with Crippen molar-refractivity contribution in [2.24, 2.45) is 0 Å². The highest BCUT2D eigenvalue weighted by Gasteiger charge is 2.26. The van der Waals surface area contributed by atoms with Gasteiger partial charge in [-0.2, -0.15) is 4.98 Å². The molecular weight excluding hydrogens is 458 g/mol. The molecule has 0 N–H and O–H groups in total. The lowest BCUT2D eigenvalue weighted by Gasteiger charge is -2.33. The Bertz CT molecular complexity index is 1170. The lowest BCUT2D eigenvalue weighted by molar-refractivity contribution is 0.0537. The molecule has 1 aliphatic rings. The molecule has 5 nitrogen and oxygen atoms in total. The molecule has 1 atom stereocenters. The zero-order valence-corrected chi connectivity index (χ0v) is 23.5. The fourth-order valence-corrected chi connectivity index (χ4v) is 5.48. The summed E-state index contributed by atoms with van der Waals surface area (Å²) in [6.07, 6.45) is 5.59. The second-order valence-electron chi connectivity index (χ2n) is 10.4. The van der Waals surface area contributed by atoms with Crippen LogP contribution in [0.2, 0.25) is 0 Å². The van der Waals surface area contributed by atoms with Crippen LogP contribution in [0.4, 0.5) is 0 Å². The van der Waals surface area contributed by atoms with Crippen molar-refractivity contribution in [3.63, 3.8) is 0 Å². The van der Waals surface area contributed by atoms with E-state index in [1.54, 1.807) is 0 Å². The summed E-state index contributed by atoms with van der Waals surface area (Å²) in [6.45, 7) is 12.3. The molecule has 0 unspecified atom stereocenters. The quantitative estimate of drug-likeness (QED) is 0.268. The first-order valence-corrected chi connectivity index (χ1v) is 13.9. The molecule has 0 aliphatic heterocycles. The minimum atomic E-state index is 0.173. The second-order valence-corrected chi connectivity index (χ2v) is 10.4. The highest BCUT2D eigenvalue weighted by atomic mass is 16.5. The minimum Gasteiger partial charge on any atom is -0.475 e. The molecule has 1 aromatic heterocycles. The van der Waals surface area contributed by atoms with E-state index in [-0.39, 0.29) is 6.10 Å². The van der Waals surface area contributed by atoms with Crippen LogP contribution in [-0.2, 0) is 30.5 Å². The van der Waals surface area contributed by atoms with Gasteiger partial charge in [0.2, 0.25) is 5.88 Å². The first kappa shape index (κ1) is 27.3. The van der Waals surface area contributed by atoms with Gasteiger partial charge in [-0.05, 0) is 82.2 Å². The Morgan fingerprint density at radius 2 is 1.70 bits per heavy atom. The van der Waals surface area contributed by atoms with E-state index in [2.05, 4.69) is 75.2 Å². The average molecular weight is 502 g/mol. The molecular formula is C32H43N3O2. The first-order chi connectivity index (χ1) is 17.9. The minimum absolute atomic E-state index is 0.173. The van der Waals surface area contributed by atoms with Gasteiger partial charge in [-0.15, -0.1) is 0 Å². The van der Waals surface area contributed by atoms with Crippen molar-refractivity contribution in [1.29, 1.82) is 0 Å². The van der Waals surface area contributed by atoms with Crippen LogP contribution in [0.3, 0.4) is 0 Å². The predicted molar refractivity (Wildman–Crippen MR) is 151 cm³/mol. The van der Waals surface area contributed by atoms with E-state index < -0.39 is 0 Å². The molecule has 0 spiro atoms. The summed E-state index contributed by atoms with van der Waals surface area (Å²) < 4.78 is 12.1. The van der Waals surface area contributed by atoms with Crippen LogP contribution in [0, 0.1) is 6.92 Å². The Balaban J connectivity index is 1.69. The summed E-state index contributed by atoms with van der Waals surface area (Å²) in [6, 6.07) is 15.8. The number of aryl methyl sites for hydroxylation is 4. The Hall–Kier alpha value is -2.76. The van der Waals surface area contributed by atoms with Crippen molar-refractivity contribution in [3.05, 3.63) is 76.0 Å². The Morgan fingerprint density at radius 1 is 0.973 bits per heavy atom. The van der Waals surface area contributed by atoms with E-state index in [0.717, 1.165) is 54.9 Å². The van der Waals surface area contributed by atoms with Crippen molar-refractivity contribution in [1.82, 2.24) is 14.9 Å². The maximum absolute atomic E-state index is 6.33. The maximum atomic E-state index is 6.33. The van der Waals surface area contributed by atoms with Gasteiger partial charge in [0.25, 0.3) is 0 Å². The SMILES string of the molecule is CCc1cccc(CC)c1-c1nc(C)c(CN(C)[C@@H]2CCCc3ccccc32)c(OCCOC(C)C)n1. The van der Waals surface area contributed by atoms with Gasteiger partial charge in [0.1, 0.15) is 6.61 Å². The third-order valence-corrected chi connectivity index (χ3v) is 7.45. The molecule has 1 aliphatic carbocycles. The summed E-state index contributed by atoms with van der Waals surface area (Å²) >= 11 is 0. The molecule has 5 heteroatoms. The van der Waals surface area contributed by atoms with Crippen molar-refractivity contribution < 1.29 is 9.47 Å². The first-order valence-electron chi connectivity index (χ1n) is 13.9. The van der Waals surface area contributed by atoms with E-state index in [0.29, 0.717) is 25.1 Å². The molecule has 2 aromatic carbocycles. The van der Waals surface area contributed by atoms with Crippen LogP contribution in [0.5, 0.6) is 5.88 Å². The third kappa shape index (κ3) is 6.39. The van der Waals surface area contributed by atoms with Crippen LogP contribution in [0.25, 0.3) is 11.4 Å². The number of hydrogen-bond donors (Lipinski definition) is 0. The summed E-state index contributed by atoms with van der Waals surface area (Å²) in [5.74, 6) is 1.44. The molecule has 0 saturated heterocycles. The largest absolute Gasteiger partial charge is 0.475 e. The van der Waals surface area contributed by atoms with Crippen LogP contribution in [-0.4, -0.2) is 41.2 Å². The number of ether oxygens (including phenoxy) is 2. The lowest BCUT2D eigenvalue weighted by atomic mass is 9.87. The van der Waals surface area contributed by atoms with Crippen LogP contribution in [0.15, 0.2) is 42.5 Å². The molecule has 0 amide bonds. The number of benzene rings is 2. The van der Waals surface area contributed by atoms with Gasteiger partial charge in [-0.3, -0.25) is 4.90 Å². The zero-order valence-electron chi connectivity index (χ0n) is 23.5. The highest BCUT2D eigenvalue weighted by molar-refractivity contribution is 5.66. The van der Waals surface area contributed by atoms with Gasteiger partial charge in [0.15, 0.2) is 5.82 Å². The fraction of sp³-hybridized carbons (Fsp3) is 0.500. The van der Waals surface area contributed by atoms with Crippen molar-refractivity contribution in [2.45, 2.75) is 85.4 Å². The molecule has 37 heavy (non-hydrogen) atoms. The molecule has 0 radical (unpaired) electrons. The molecule has 0 bridgehead atoms. The number of rotatable bonds is 11. The van der Waals surface area contributed by atoms with Crippen LogP contribution < -0.4 is 4.74 Å². The molecule has 198 valence electrons. The maximum Gasteiger partial charge on any atom is 0.221 e. The van der Waals surface area contributed by atoms with E-state index in [4.69, 9.17) is 19.4 Å². The van der Waals surface area contributed by atoms with E-state index in [1.807, 2.05) is 13.8 Å². The number of nitrogens with zero attached hydrogens (tertiary/aromatic N) is 3. The normalized spacial score (nSPS) is 15.3. The third-order valence-electron chi connectivity index (χ3n) is 7.45. The number of aromatic nitrogens is 2. The van der Waals surface area contributed by atoms with Crippen molar-refractivity contribution >= 4 is 0 Å². The van der Waals surface area contributed by atoms with E-state index in [1.165, 1.54) is 28.7 Å². The van der Waals surface area contributed by atoms with Gasteiger partial charge >= 0.3 is 0 Å². The summed E-state index contributed by atoms with van der Waals surface area (Å²) in [5, 5.41) is 0. The van der Waals surface area contributed by atoms with E-state index in [9.17, 15) is 0 Å². The summed E-state index contributed by atoms with van der Waals surface area (Å²) in [7, 11) is 2.22. The summed E-state index contributed by atoms with van der Waals surface area (Å²) in [5.41, 5.74) is 8.66. The standard InChI is InChI=1S/C32H43N3O2/c1-7-24-14-11-15-25(8-2)30(24)31-33-23(5)28(32(34-31)37-20-19-36-22(3)4)21-35(6)29-18-12-16-26-13-9-10-17-27(26)29/h9-11,13-15,17,22,29H,7-8,12,16,18-21H2,1-6H3/t29-/m1/s1. The molecule has 4 rings (SSSR count). The predicted octanol–water partition coefficient (Wildman–Crippen LogP) is 6.89. The average Bonchev–Trinajstić information content (AvgIpc) is 2.91. The molecule has 1 heterocycles. The zero-order chi connectivity index (χ0) is 26.4. The second kappa shape index (κ2) is 12.7.